The molecule has 0 fully saturated rings. The molecule has 0 atom stereocenters. The third-order valence-corrected chi connectivity index (χ3v) is 6.52. The number of aromatic nitrogens is 1. The van der Waals surface area contributed by atoms with E-state index in [-0.39, 0.29) is 29.8 Å². The van der Waals surface area contributed by atoms with Crippen LogP contribution in [0.3, 0.4) is 0 Å². The first-order valence-electron chi connectivity index (χ1n) is 8.05. The highest BCUT2D eigenvalue weighted by Crippen LogP contribution is 2.47. The number of benzene rings is 2. The molecule has 136 valence electrons. The molecule has 26 heavy (non-hydrogen) atoms. The smallest absolute Gasteiger partial charge is 0.265 e. The van der Waals surface area contributed by atoms with Gasteiger partial charge in [-0.25, -0.2) is 4.39 Å². The van der Waals surface area contributed by atoms with Crippen LogP contribution in [0.1, 0.15) is 11.9 Å². The molecule has 1 aliphatic heterocycles. The summed E-state index contributed by atoms with van der Waals surface area (Å²) in [6.07, 6.45) is 2.16. The standard InChI is InChI=1S/C19H18FN2OS2.HI/c1-4-23-13-6-8-15-17(10-13)25-19(22(15)3)11-18-21(2)14-7-5-12(20)9-16(14)24-18;/h5-11H,4H2,1-3H3;1H/q+1;/p-1. The van der Waals surface area contributed by atoms with E-state index < -0.39 is 0 Å². The first-order valence-corrected chi connectivity index (χ1v) is 9.68. The molecule has 0 saturated heterocycles. The molecule has 2 aromatic carbocycles. The van der Waals surface area contributed by atoms with E-state index in [4.69, 9.17) is 4.74 Å². The van der Waals surface area contributed by atoms with Crippen LogP contribution in [0.2, 0.25) is 0 Å². The number of hydrogen-bond donors (Lipinski definition) is 0. The highest BCUT2D eigenvalue weighted by molar-refractivity contribution is 8.03. The molecule has 0 N–H and O–H groups in total. The average molecular weight is 500 g/mol. The van der Waals surface area contributed by atoms with Crippen molar-refractivity contribution in [1.82, 2.24) is 0 Å². The van der Waals surface area contributed by atoms with Gasteiger partial charge in [0.1, 0.15) is 23.3 Å². The summed E-state index contributed by atoms with van der Waals surface area (Å²) in [6.45, 7) is 2.65. The number of anilines is 1. The second-order valence-corrected chi connectivity index (χ2v) is 7.94. The van der Waals surface area contributed by atoms with Gasteiger partial charge in [0, 0.05) is 18.0 Å². The van der Waals surface area contributed by atoms with E-state index in [1.165, 1.54) is 16.6 Å². The molecule has 0 bridgehead atoms. The van der Waals surface area contributed by atoms with Gasteiger partial charge in [-0.05, 0) is 37.3 Å². The van der Waals surface area contributed by atoms with Gasteiger partial charge in [0.2, 0.25) is 5.52 Å². The molecule has 0 aliphatic carbocycles. The van der Waals surface area contributed by atoms with Gasteiger partial charge in [0.15, 0.2) is 0 Å². The van der Waals surface area contributed by atoms with Crippen molar-refractivity contribution >= 4 is 45.1 Å². The number of fused-ring (bicyclic) bond motifs is 2. The fourth-order valence-corrected chi connectivity index (χ4v) is 5.22. The van der Waals surface area contributed by atoms with Crippen molar-refractivity contribution in [2.24, 2.45) is 7.05 Å². The fraction of sp³-hybridized carbons (Fsp3) is 0.211. The summed E-state index contributed by atoms with van der Waals surface area (Å²) in [6, 6.07) is 11.1. The molecule has 0 amide bonds. The molecule has 0 spiro atoms. The van der Waals surface area contributed by atoms with Crippen LogP contribution in [0.15, 0.2) is 46.3 Å². The molecule has 2 heterocycles. The molecule has 0 radical (unpaired) electrons. The minimum Gasteiger partial charge on any atom is -1.00 e. The normalized spacial score (nSPS) is 14.6. The van der Waals surface area contributed by atoms with Gasteiger partial charge in [0.05, 0.1) is 23.4 Å². The molecule has 3 aromatic rings. The van der Waals surface area contributed by atoms with Crippen LogP contribution >= 0.6 is 23.1 Å². The molecule has 7 heteroatoms. The summed E-state index contributed by atoms with van der Waals surface area (Å²) in [5, 5.41) is 2.24. The van der Waals surface area contributed by atoms with Gasteiger partial charge in [-0.1, -0.05) is 23.1 Å². The first-order chi connectivity index (χ1) is 12.1. The topological polar surface area (TPSA) is 16.4 Å². The maximum absolute atomic E-state index is 13.5. The first kappa shape index (κ1) is 19.4. The number of thioether (sulfide) groups is 1. The van der Waals surface area contributed by atoms with Crippen molar-refractivity contribution in [3.8, 4) is 5.75 Å². The lowest BCUT2D eigenvalue weighted by Gasteiger charge is -2.13. The van der Waals surface area contributed by atoms with Crippen molar-refractivity contribution in [2.75, 3.05) is 18.6 Å². The van der Waals surface area contributed by atoms with E-state index >= 15 is 0 Å². The summed E-state index contributed by atoms with van der Waals surface area (Å²) in [5.74, 6) is 0.697. The van der Waals surface area contributed by atoms with Gasteiger partial charge < -0.3 is 33.6 Å². The van der Waals surface area contributed by atoms with Crippen LogP contribution < -0.4 is 38.2 Å². The van der Waals surface area contributed by atoms with Crippen LogP contribution in [0.4, 0.5) is 10.1 Å². The zero-order valence-electron chi connectivity index (χ0n) is 14.6. The number of halogens is 2. The Morgan fingerprint density at radius 2 is 2.04 bits per heavy atom. The summed E-state index contributed by atoms with van der Waals surface area (Å²) in [7, 11) is 4.08. The SMILES string of the molecule is CCOc1ccc2c(c1)S/C(=C\c1sc3cc(F)ccc3[n+]1C)N2C.[I-]. The largest absolute Gasteiger partial charge is 1.00 e. The maximum Gasteiger partial charge on any atom is 0.265 e. The zero-order chi connectivity index (χ0) is 17.6. The highest BCUT2D eigenvalue weighted by Gasteiger charge is 2.25. The highest BCUT2D eigenvalue weighted by atomic mass is 127. The maximum atomic E-state index is 13.5. The van der Waals surface area contributed by atoms with Gasteiger partial charge in [-0.15, -0.1) is 0 Å². The minimum atomic E-state index is -0.197. The van der Waals surface area contributed by atoms with E-state index in [0.717, 1.165) is 26.0 Å². The molecule has 4 rings (SSSR count). The lowest BCUT2D eigenvalue weighted by atomic mass is 10.3. The molecule has 0 unspecified atom stereocenters. The van der Waals surface area contributed by atoms with Gasteiger partial charge in [0.25, 0.3) is 5.01 Å². The number of rotatable bonds is 3. The van der Waals surface area contributed by atoms with Crippen LogP contribution in [-0.4, -0.2) is 13.7 Å². The number of thiazole rings is 1. The Morgan fingerprint density at radius 3 is 2.81 bits per heavy atom. The van der Waals surface area contributed by atoms with Crippen molar-refractivity contribution < 1.29 is 37.7 Å². The quantitative estimate of drug-likeness (QED) is 0.404. The number of aryl methyl sites for hydroxylation is 1. The van der Waals surface area contributed by atoms with Crippen molar-refractivity contribution in [2.45, 2.75) is 11.8 Å². The van der Waals surface area contributed by atoms with Crippen LogP contribution in [0.5, 0.6) is 5.75 Å². The number of hydrogen-bond acceptors (Lipinski definition) is 4. The van der Waals surface area contributed by atoms with Gasteiger partial charge in [-0.2, -0.15) is 4.57 Å². The molecule has 1 aliphatic rings. The Kier molecular flexibility index (Phi) is 5.78. The third kappa shape index (κ3) is 3.44. The van der Waals surface area contributed by atoms with Gasteiger partial charge >= 0.3 is 0 Å². The Labute approximate surface area is 177 Å². The Hall–Kier alpha value is -1.32. The Morgan fingerprint density at radius 1 is 1.23 bits per heavy atom. The number of nitrogens with zero attached hydrogens (tertiary/aromatic N) is 2. The minimum absolute atomic E-state index is 0. The van der Waals surface area contributed by atoms with E-state index in [1.54, 1.807) is 29.2 Å². The predicted octanol–water partition coefficient (Wildman–Crippen LogP) is 1.81. The van der Waals surface area contributed by atoms with E-state index in [2.05, 4.69) is 34.7 Å². The summed E-state index contributed by atoms with van der Waals surface area (Å²) in [4.78, 5) is 3.37. The lowest BCUT2D eigenvalue weighted by Crippen LogP contribution is -3.00. The lowest BCUT2D eigenvalue weighted by molar-refractivity contribution is -0.642. The molecule has 3 nitrogen and oxygen atoms in total. The van der Waals surface area contributed by atoms with Crippen LogP contribution in [0, 0.1) is 5.82 Å². The number of ether oxygens (including phenoxy) is 1. The second-order valence-electron chi connectivity index (χ2n) is 5.82. The predicted molar refractivity (Wildman–Crippen MR) is 103 cm³/mol. The fourth-order valence-electron chi connectivity index (χ4n) is 2.91. The molecule has 0 saturated carbocycles. The van der Waals surface area contributed by atoms with Crippen molar-refractivity contribution in [1.29, 1.82) is 0 Å². The Bertz CT molecular complexity index is 1000. The van der Waals surface area contributed by atoms with E-state index in [0.29, 0.717) is 6.61 Å². The van der Waals surface area contributed by atoms with E-state index in [1.807, 2.05) is 26.1 Å². The zero-order valence-corrected chi connectivity index (χ0v) is 18.4. The Balaban J connectivity index is 0.00000196. The summed E-state index contributed by atoms with van der Waals surface area (Å²) >= 11 is 3.33. The summed E-state index contributed by atoms with van der Waals surface area (Å²) < 4.78 is 22.1. The van der Waals surface area contributed by atoms with Gasteiger partial charge in [-0.3, -0.25) is 0 Å². The molecular weight excluding hydrogens is 482 g/mol. The molecule has 1 aromatic heterocycles. The third-order valence-electron chi connectivity index (χ3n) is 4.22. The van der Waals surface area contributed by atoms with Crippen LogP contribution in [0.25, 0.3) is 16.3 Å². The van der Waals surface area contributed by atoms with E-state index in [9.17, 15) is 4.39 Å². The second kappa shape index (κ2) is 7.74. The average Bonchev–Trinajstić information content (AvgIpc) is 3.05. The molecular formula is C19H18FIN2OS2. The summed E-state index contributed by atoms with van der Waals surface area (Å²) in [5.41, 5.74) is 2.22. The van der Waals surface area contributed by atoms with Crippen molar-refractivity contribution in [3.05, 3.63) is 52.3 Å². The monoisotopic (exact) mass is 500 g/mol. The van der Waals surface area contributed by atoms with Crippen molar-refractivity contribution in [3.63, 3.8) is 0 Å². The van der Waals surface area contributed by atoms with Crippen LogP contribution in [-0.2, 0) is 7.05 Å².